The molecule has 5 nitrogen and oxygen atoms in total. The molecule has 1 amide bonds. The Hall–Kier alpha value is -0.650. The van der Waals surface area contributed by atoms with Crippen LogP contribution in [0.3, 0.4) is 0 Å². The molecule has 17 heavy (non-hydrogen) atoms. The van der Waals surface area contributed by atoms with Crippen LogP contribution in [-0.4, -0.2) is 44.9 Å². The normalized spacial score (nSPS) is 25.8. The van der Waals surface area contributed by atoms with Gasteiger partial charge in [0.2, 0.25) is 5.91 Å². The van der Waals surface area contributed by atoms with Crippen LogP contribution in [0.5, 0.6) is 0 Å². The van der Waals surface area contributed by atoms with E-state index in [1.54, 1.807) is 7.11 Å². The number of ether oxygens (including phenoxy) is 2. The summed E-state index contributed by atoms with van der Waals surface area (Å²) in [5.41, 5.74) is 5.09. The number of hydrogen-bond donors (Lipinski definition) is 2. The summed E-state index contributed by atoms with van der Waals surface area (Å²) < 4.78 is 10.8. The van der Waals surface area contributed by atoms with E-state index in [9.17, 15) is 4.79 Å². The van der Waals surface area contributed by atoms with Crippen molar-refractivity contribution in [1.29, 1.82) is 0 Å². The van der Waals surface area contributed by atoms with Gasteiger partial charge in [-0.3, -0.25) is 4.79 Å². The zero-order valence-corrected chi connectivity index (χ0v) is 10.8. The smallest absolute Gasteiger partial charge is 0.222 e. The SMILES string of the molecule is COC1(CNC(=O)C(C)CCCN)CCOC1. The van der Waals surface area contributed by atoms with Crippen LogP contribution in [0, 0.1) is 5.92 Å². The Morgan fingerprint density at radius 2 is 2.41 bits per heavy atom. The number of carbonyl (C=O) groups is 1. The van der Waals surface area contributed by atoms with Gasteiger partial charge in [0.15, 0.2) is 0 Å². The second-order valence-corrected chi connectivity index (χ2v) is 4.74. The third kappa shape index (κ3) is 4.26. The summed E-state index contributed by atoms with van der Waals surface area (Å²) in [7, 11) is 1.67. The van der Waals surface area contributed by atoms with Crippen molar-refractivity contribution >= 4 is 5.91 Å². The van der Waals surface area contributed by atoms with Gasteiger partial charge in [0, 0.05) is 32.6 Å². The van der Waals surface area contributed by atoms with Gasteiger partial charge in [-0.05, 0) is 19.4 Å². The minimum atomic E-state index is -0.330. The number of nitrogens with one attached hydrogen (secondary N) is 1. The van der Waals surface area contributed by atoms with Gasteiger partial charge in [0.05, 0.1) is 6.61 Å². The van der Waals surface area contributed by atoms with Gasteiger partial charge in [0.25, 0.3) is 0 Å². The largest absolute Gasteiger partial charge is 0.378 e. The average Bonchev–Trinajstić information content (AvgIpc) is 2.82. The third-order valence-corrected chi connectivity index (χ3v) is 3.37. The molecular weight excluding hydrogens is 220 g/mol. The Balaban J connectivity index is 2.31. The molecule has 2 atom stereocenters. The van der Waals surface area contributed by atoms with Crippen molar-refractivity contribution < 1.29 is 14.3 Å². The number of nitrogens with two attached hydrogens (primary N) is 1. The van der Waals surface area contributed by atoms with Crippen molar-refractivity contribution in [2.75, 3.05) is 33.4 Å². The summed E-state index contributed by atoms with van der Waals surface area (Å²) in [6.07, 6.45) is 2.55. The highest BCUT2D eigenvalue weighted by atomic mass is 16.5. The Morgan fingerprint density at radius 3 is 2.94 bits per heavy atom. The van der Waals surface area contributed by atoms with E-state index >= 15 is 0 Å². The van der Waals surface area contributed by atoms with Crippen LogP contribution < -0.4 is 11.1 Å². The number of amides is 1. The molecule has 0 spiro atoms. The fraction of sp³-hybridized carbons (Fsp3) is 0.917. The summed E-state index contributed by atoms with van der Waals surface area (Å²) in [6, 6.07) is 0. The van der Waals surface area contributed by atoms with Gasteiger partial charge in [-0.2, -0.15) is 0 Å². The molecule has 100 valence electrons. The fourth-order valence-electron chi connectivity index (χ4n) is 1.94. The first-order valence-corrected chi connectivity index (χ1v) is 6.24. The minimum Gasteiger partial charge on any atom is -0.378 e. The second-order valence-electron chi connectivity index (χ2n) is 4.74. The third-order valence-electron chi connectivity index (χ3n) is 3.37. The molecule has 0 aromatic rings. The molecule has 0 radical (unpaired) electrons. The number of rotatable bonds is 7. The molecule has 1 fully saturated rings. The van der Waals surface area contributed by atoms with Gasteiger partial charge in [-0.25, -0.2) is 0 Å². The van der Waals surface area contributed by atoms with Crippen molar-refractivity contribution in [3.05, 3.63) is 0 Å². The van der Waals surface area contributed by atoms with Gasteiger partial charge in [0.1, 0.15) is 5.60 Å². The van der Waals surface area contributed by atoms with E-state index in [0.29, 0.717) is 26.3 Å². The van der Waals surface area contributed by atoms with Crippen LogP contribution in [0.2, 0.25) is 0 Å². The maximum Gasteiger partial charge on any atom is 0.222 e. The van der Waals surface area contributed by atoms with Gasteiger partial charge in [-0.15, -0.1) is 0 Å². The monoisotopic (exact) mass is 244 g/mol. The highest BCUT2D eigenvalue weighted by molar-refractivity contribution is 5.78. The van der Waals surface area contributed by atoms with E-state index in [2.05, 4.69) is 5.32 Å². The van der Waals surface area contributed by atoms with Crippen molar-refractivity contribution in [1.82, 2.24) is 5.32 Å². The molecule has 5 heteroatoms. The molecule has 0 aromatic carbocycles. The molecule has 0 saturated carbocycles. The second kappa shape index (κ2) is 6.93. The summed E-state index contributed by atoms with van der Waals surface area (Å²) in [5, 5.41) is 2.94. The Kier molecular flexibility index (Phi) is 5.88. The lowest BCUT2D eigenvalue weighted by molar-refractivity contribution is -0.126. The lowest BCUT2D eigenvalue weighted by Crippen LogP contribution is -2.46. The van der Waals surface area contributed by atoms with Crippen molar-refractivity contribution in [3.8, 4) is 0 Å². The van der Waals surface area contributed by atoms with Crippen molar-refractivity contribution in [3.63, 3.8) is 0 Å². The molecule has 0 bridgehead atoms. The summed E-state index contributed by atoms with van der Waals surface area (Å²) >= 11 is 0. The number of hydrogen-bond acceptors (Lipinski definition) is 4. The predicted octanol–water partition coefficient (Wildman–Crippen LogP) is 0.283. The Labute approximate surface area is 103 Å². The highest BCUT2D eigenvalue weighted by Gasteiger charge is 2.35. The fourth-order valence-corrected chi connectivity index (χ4v) is 1.94. The quantitative estimate of drug-likeness (QED) is 0.675. The topological polar surface area (TPSA) is 73.6 Å². The van der Waals surface area contributed by atoms with E-state index in [0.717, 1.165) is 19.3 Å². The van der Waals surface area contributed by atoms with Crippen LogP contribution >= 0.6 is 0 Å². The van der Waals surface area contributed by atoms with E-state index in [1.807, 2.05) is 6.92 Å². The van der Waals surface area contributed by atoms with Gasteiger partial charge >= 0.3 is 0 Å². The maximum absolute atomic E-state index is 11.8. The van der Waals surface area contributed by atoms with E-state index in [1.165, 1.54) is 0 Å². The van der Waals surface area contributed by atoms with E-state index in [4.69, 9.17) is 15.2 Å². The minimum absolute atomic E-state index is 0.00905. The molecule has 1 rings (SSSR count). The van der Waals surface area contributed by atoms with Crippen LogP contribution in [0.15, 0.2) is 0 Å². The Morgan fingerprint density at radius 1 is 1.65 bits per heavy atom. The Bertz CT molecular complexity index is 240. The van der Waals surface area contributed by atoms with Gasteiger partial charge < -0.3 is 20.5 Å². The first-order chi connectivity index (χ1) is 8.13. The van der Waals surface area contributed by atoms with Crippen molar-refractivity contribution in [2.45, 2.75) is 31.8 Å². The molecule has 1 aliphatic heterocycles. The average molecular weight is 244 g/mol. The van der Waals surface area contributed by atoms with Crippen LogP contribution in [0.4, 0.5) is 0 Å². The standard InChI is InChI=1S/C12H24N2O3/c1-10(4-3-6-13)11(15)14-8-12(16-2)5-7-17-9-12/h10H,3-9,13H2,1-2H3,(H,14,15). The first kappa shape index (κ1) is 14.4. The predicted molar refractivity (Wildman–Crippen MR) is 65.6 cm³/mol. The molecular formula is C12H24N2O3. The van der Waals surface area contributed by atoms with Crippen molar-refractivity contribution in [2.24, 2.45) is 11.7 Å². The lowest BCUT2D eigenvalue weighted by atomic mass is 10.0. The molecule has 3 N–H and O–H groups in total. The zero-order valence-electron chi connectivity index (χ0n) is 10.8. The first-order valence-electron chi connectivity index (χ1n) is 6.24. The highest BCUT2D eigenvalue weighted by Crippen LogP contribution is 2.21. The number of carbonyl (C=O) groups excluding carboxylic acids is 1. The lowest BCUT2D eigenvalue weighted by Gasteiger charge is -2.26. The molecule has 1 aliphatic rings. The van der Waals surface area contributed by atoms with Crippen LogP contribution in [0.25, 0.3) is 0 Å². The van der Waals surface area contributed by atoms with E-state index < -0.39 is 0 Å². The maximum atomic E-state index is 11.8. The molecule has 0 aromatic heterocycles. The number of methoxy groups -OCH3 is 1. The molecule has 1 heterocycles. The zero-order chi connectivity index (χ0) is 12.7. The summed E-state index contributed by atoms with van der Waals surface area (Å²) in [5.74, 6) is 0.0801. The van der Waals surface area contributed by atoms with Crippen LogP contribution in [-0.2, 0) is 14.3 Å². The summed E-state index contributed by atoms with van der Waals surface area (Å²) in [4.78, 5) is 11.8. The molecule has 0 aliphatic carbocycles. The van der Waals surface area contributed by atoms with Gasteiger partial charge in [-0.1, -0.05) is 6.92 Å². The molecule has 2 unspecified atom stereocenters. The van der Waals surface area contributed by atoms with Crippen LogP contribution in [0.1, 0.15) is 26.2 Å². The van der Waals surface area contributed by atoms with E-state index in [-0.39, 0.29) is 17.4 Å². The summed E-state index contributed by atoms with van der Waals surface area (Å²) in [6.45, 7) is 4.34. The molecule has 1 saturated heterocycles.